The van der Waals surface area contributed by atoms with Gasteiger partial charge in [-0.25, -0.2) is 14.1 Å². The van der Waals surface area contributed by atoms with Crippen LogP contribution in [-0.4, -0.2) is 19.3 Å². The molecule has 0 aliphatic carbocycles. The minimum Gasteiger partial charge on any atom is -0.268 e. The summed E-state index contributed by atoms with van der Waals surface area (Å²) in [6.07, 6.45) is 1.59. The fourth-order valence-corrected chi connectivity index (χ4v) is 3.64. The van der Waals surface area contributed by atoms with Gasteiger partial charge in [0.25, 0.3) is 5.56 Å². The Morgan fingerprint density at radius 3 is 2.29 bits per heavy atom. The van der Waals surface area contributed by atoms with E-state index < -0.39 is 11.4 Å². The van der Waals surface area contributed by atoms with Crippen molar-refractivity contribution >= 4 is 34.2 Å². The molecule has 8 heteroatoms. The molecule has 5 rings (SSSR count). The first kappa shape index (κ1) is 19.5. The van der Waals surface area contributed by atoms with Crippen molar-refractivity contribution in [3.05, 3.63) is 105 Å². The molecule has 0 amide bonds. The minimum atomic E-state index is -0.638. The predicted octanol–water partition coefficient (Wildman–Crippen LogP) is 5.68. The van der Waals surface area contributed by atoms with Crippen molar-refractivity contribution in [1.82, 2.24) is 19.3 Å². The Balaban J connectivity index is 1.84. The average molecular weight is 451 g/mol. The Kier molecular flexibility index (Phi) is 4.81. The molecule has 31 heavy (non-hydrogen) atoms. The molecule has 0 N–H and O–H groups in total. The van der Waals surface area contributed by atoms with Crippen LogP contribution >= 0.6 is 23.2 Å². The monoisotopic (exact) mass is 450 g/mol. The van der Waals surface area contributed by atoms with E-state index in [2.05, 4.69) is 10.1 Å². The number of para-hydroxylation sites is 1. The van der Waals surface area contributed by atoms with Crippen molar-refractivity contribution in [3.63, 3.8) is 0 Å². The second-order valence-corrected chi connectivity index (χ2v) is 7.70. The van der Waals surface area contributed by atoms with Gasteiger partial charge in [-0.05, 0) is 54.6 Å². The van der Waals surface area contributed by atoms with Gasteiger partial charge in [-0.3, -0.25) is 9.36 Å². The standard InChI is InChI=1S/C23H13Cl2FN4O/c24-15-8-6-14(7-9-15)22-27-21-18(13-29(28-21)17-4-2-1-3-5-17)23(31)30(22)20-11-10-16(25)12-19(20)26/h1-13H. The highest BCUT2D eigenvalue weighted by atomic mass is 35.5. The molecule has 0 aliphatic rings. The van der Waals surface area contributed by atoms with E-state index in [0.29, 0.717) is 10.6 Å². The van der Waals surface area contributed by atoms with E-state index in [0.717, 1.165) is 11.8 Å². The molecule has 5 nitrogen and oxygen atoms in total. The van der Waals surface area contributed by atoms with Crippen LogP contribution < -0.4 is 5.56 Å². The molecule has 0 unspecified atom stereocenters. The van der Waals surface area contributed by atoms with Crippen molar-refractivity contribution in [2.75, 3.05) is 0 Å². The zero-order valence-corrected chi connectivity index (χ0v) is 17.3. The van der Waals surface area contributed by atoms with E-state index in [4.69, 9.17) is 23.2 Å². The number of aromatic nitrogens is 4. The molecule has 0 spiro atoms. The van der Waals surface area contributed by atoms with Gasteiger partial charge in [0.15, 0.2) is 5.65 Å². The van der Waals surface area contributed by atoms with Gasteiger partial charge in [0.05, 0.1) is 11.4 Å². The average Bonchev–Trinajstić information content (AvgIpc) is 3.20. The molecule has 3 aromatic carbocycles. The molecule has 152 valence electrons. The van der Waals surface area contributed by atoms with Crippen LogP contribution in [-0.2, 0) is 0 Å². The number of benzene rings is 3. The molecule has 0 bridgehead atoms. The summed E-state index contributed by atoms with van der Waals surface area (Å²) < 4.78 is 17.6. The summed E-state index contributed by atoms with van der Waals surface area (Å²) in [7, 11) is 0. The van der Waals surface area contributed by atoms with Gasteiger partial charge >= 0.3 is 0 Å². The Morgan fingerprint density at radius 2 is 1.58 bits per heavy atom. The minimum absolute atomic E-state index is 0.0428. The summed E-state index contributed by atoms with van der Waals surface area (Å²) in [5.74, 6) is -0.393. The maximum atomic E-state index is 14.8. The summed E-state index contributed by atoms with van der Waals surface area (Å²) in [6.45, 7) is 0. The molecule has 0 atom stereocenters. The topological polar surface area (TPSA) is 52.7 Å². The summed E-state index contributed by atoms with van der Waals surface area (Å²) in [4.78, 5) is 18.1. The highest BCUT2D eigenvalue weighted by Gasteiger charge is 2.19. The Labute approximate surface area is 185 Å². The van der Waals surface area contributed by atoms with Crippen LogP contribution in [0, 0.1) is 5.82 Å². The van der Waals surface area contributed by atoms with Crippen LogP contribution in [0.15, 0.2) is 83.8 Å². The zero-order chi connectivity index (χ0) is 21.5. The predicted molar refractivity (Wildman–Crippen MR) is 120 cm³/mol. The van der Waals surface area contributed by atoms with Crippen molar-refractivity contribution < 1.29 is 4.39 Å². The van der Waals surface area contributed by atoms with Gasteiger partial charge in [-0.15, -0.1) is 5.10 Å². The fourth-order valence-electron chi connectivity index (χ4n) is 3.36. The molecule has 5 aromatic rings. The Morgan fingerprint density at radius 1 is 0.871 bits per heavy atom. The van der Waals surface area contributed by atoms with Crippen LogP contribution in [0.1, 0.15) is 0 Å². The van der Waals surface area contributed by atoms with E-state index in [-0.39, 0.29) is 27.6 Å². The molecule has 0 saturated heterocycles. The first-order chi connectivity index (χ1) is 15.0. The number of halogens is 3. The Hall–Kier alpha value is -3.48. The first-order valence-electron chi connectivity index (χ1n) is 9.30. The largest absolute Gasteiger partial charge is 0.269 e. The van der Waals surface area contributed by atoms with E-state index in [1.54, 1.807) is 35.1 Å². The summed E-state index contributed by atoms with van der Waals surface area (Å²) >= 11 is 11.9. The molecule has 2 heterocycles. The van der Waals surface area contributed by atoms with Gasteiger partial charge in [-0.2, -0.15) is 0 Å². The lowest BCUT2D eigenvalue weighted by atomic mass is 10.2. The molecular weight excluding hydrogens is 438 g/mol. The lowest BCUT2D eigenvalue weighted by molar-refractivity contribution is 0.616. The Bertz CT molecular complexity index is 1480. The molecule has 0 radical (unpaired) electrons. The molecule has 0 aliphatic heterocycles. The van der Waals surface area contributed by atoms with E-state index in [1.807, 2.05) is 30.3 Å². The summed E-state index contributed by atoms with van der Waals surface area (Å²) in [5, 5.41) is 5.49. The van der Waals surface area contributed by atoms with Gasteiger partial charge in [-0.1, -0.05) is 41.4 Å². The van der Waals surface area contributed by atoms with Crippen LogP contribution in [0.2, 0.25) is 10.0 Å². The van der Waals surface area contributed by atoms with Crippen LogP contribution in [0.4, 0.5) is 4.39 Å². The molecule has 0 fully saturated rings. The lowest BCUT2D eigenvalue weighted by Gasteiger charge is -2.13. The van der Waals surface area contributed by atoms with Crippen molar-refractivity contribution in [2.45, 2.75) is 0 Å². The molecule has 2 aromatic heterocycles. The zero-order valence-electron chi connectivity index (χ0n) is 15.8. The third-order valence-electron chi connectivity index (χ3n) is 4.83. The van der Waals surface area contributed by atoms with Gasteiger partial charge in [0, 0.05) is 21.8 Å². The highest BCUT2D eigenvalue weighted by Crippen LogP contribution is 2.26. The van der Waals surface area contributed by atoms with Crippen molar-refractivity contribution in [3.8, 4) is 22.8 Å². The SMILES string of the molecule is O=c1c2cn(-c3ccccc3)nc2nc(-c2ccc(Cl)cc2)n1-c1ccc(Cl)cc1F. The number of hydrogen-bond acceptors (Lipinski definition) is 3. The van der Waals surface area contributed by atoms with E-state index in [1.165, 1.54) is 16.7 Å². The van der Waals surface area contributed by atoms with Crippen molar-refractivity contribution in [2.24, 2.45) is 0 Å². The maximum absolute atomic E-state index is 14.8. The first-order valence-corrected chi connectivity index (χ1v) is 10.1. The van der Waals surface area contributed by atoms with Crippen LogP contribution in [0.3, 0.4) is 0 Å². The van der Waals surface area contributed by atoms with E-state index >= 15 is 0 Å². The van der Waals surface area contributed by atoms with Gasteiger partial charge < -0.3 is 0 Å². The number of hydrogen-bond donors (Lipinski definition) is 0. The molecular formula is C23H13Cl2FN4O. The van der Waals surface area contributed by atoms with Gasteiger partial charge in [0.2, 0.25) is 0 Å². The van der Waals surface area contributed by atoms with Crippen LogP contribution in [0.5, 0.6) is 0 Å². The molecule has 0 saturated carbocycles. The number of rotatable bonds is 3. The van der Waals surface area contributed by atoms with Crippen LogP contribution in [0.25, 0.3) is 33.8 Å². The van der Waals surface area contributed by atoms with E-state index in [9.17, 15) is 9.18 Å². The quantitative estimate of drug-likeness (QED) is 0.355. The smallest absolute Gasteiger partial charge is 0.268 e. The van der Waals surface area contributed by atoms with Gasteiger partial charge in [0.1, 0.15) is 17.0 Å². The maximum Gasteiger partial charge on any atom is 0.269 e. The van der Waals surface area contributed by atoms with Crippen molar-refractivity contribution in [1.29, 1.82) is 0 Å². The normalized spacial score (nSPS) is 11.2. The second kappa shape index (κ2) is 7.65. The third-order valence-corrected chi connectivity index (χ3v) is 5.31. The number of fused-ring (bicyclic) bond motifs is 1. The lowest BCUT2D eigenvalue weighted by Crippen LogP contribution is -2.22. The second-order valence-electron chi connectivity index (χ2n) is 6.83. The highest BCUT2D eigenvalue weighted by molar-refractivity contribution is 6.30. The summed E-state index contributed by atoms with van der Waals surface area (Å²) in [6, 6.07) is 20.3. The fraction of sp³-hybridized carbons (Fsp3) is 0. The summed E-state index contributed by atoms with van der Waals surface area (Å²) in [5.41, 5.74) is 1.22. The third kappa shape index (κ3) is 3.50. The number of nitrogens with zero attached hydrogens (tertiary/aromatic N) is 4.